The van der Waals surface area contributed by atoms with Crippen LogP contribution in [0.2, 0.25) is 0 Å². The number of carbonyl (C=O) groups excluding carboxylic acids is 2. The van der Waals surface area contributed by atoms with Crippen molar-refractivity contribution >= 4 is 17.6 Å². The van der Waals surface area contributed by atoms with Crippen LogP contribution in [0.3, 0.4) is 0 Å². The highest BCUT2D eigenvalue weighted by Crippen LogP contribution is 2.40. The van der Waals surface area contributed by atoms with Crippen molar-refractivity contribution in [1.29, 1.82) is 0 Å². The van der Waals surface area contributed by atoms with Crippen LogP contribution >= 0.6 is 0 Å². The highest BCUT2D eigenvalue weighted by atomic mass is 16.5. The third-order valence-electron chi connectivity index (χ3n) is 5.97. The zero-order valence-electron chi connectivity index (χ0n) is 19.1. The van der Waals surface area contributed by atoms with Gasteiger partial charge in [-0.15, -0.1) is 0 Å². The predicted molar refractivity (Wildman–Crippen MR) is 116 cm³/mol. The van der Waals surface area contributed by atoms with Gasteiger partial charge in [0.2, 0.25) is 0 Å². The second kappa shape index (κ2) is 9.19. The topological polar surface area (TPSA) is 64.6 Å². The molecule has 1 fully saturated rings. The van der Waals surface area contributed by atoms with Crippen LogP contribution in [-0.2, 0) is 19.7 Å². The third kappa shape index (κ3) is 6.48. The van der Waals surface area contributed by atoms with Gasteiger partial charge in [-0.25, -0.2) is 0 Å². The number of carbonyl (C=O) groups is 2. The Kier molecular flexibility index (Phi) is 7.36. The molecule has 0 radical (unpaired) electrons. The normalized spacial score (nSPS) is 20.1. The van der Waals surface area contributed by atoms with Gasteiger partial charge in [-0.05, 0) is 60.1 Å². The summed E-state index contributed by atoms with van der Waals surface area (Å²) >= 11 is 0. The van der Waals surface area contributed by atoms with E-state index in [9.17, 15) is 9.59 Å². The van der Waals surface area contributed by atoms with Crippen molar-refractivity contribution < 1.29 is 19.1 Å². The van der Waals surface area contributed by atoms with Crippen LogP contribution in [0.1, 0.15) is 72.8 Å². The number of methoxy groups -OCH3 is 1. The number of nitrogens with one attached hydrogen (secondary N) is 1. The first-order chi connectivity index (χ1) is 13.4. The molecule has 1 aromatic carbocycles. The van der Waals surface area contributed by atoms with E-state index in [4.69, 9.17) is 9.47 Å². The fraction of sp³-hybridized carbons (Fsp3) is 0.667. The Morgan fingerprint density at radius 3 is 2.17 bits per heavy atom. The first-order valence-electron chi connectivity index (χ1n) is 10.6. The molecule has 5 heteroatoms. The molecular weight excluding hydrogens is 366 g/mol. The summed E-state index contributed by atoms with van der Waals surface area (Å²) in [7, 11) is 1.57. The van der Waals surface area contributed by atoms with Gasteiger partial charge in [0.05, 0.1) is 18.7 Å². The van der Waals surface area contributed by atoms with Gasteiger partial charge in [0.25, 0.3) is 5.91 Å². The number of anilines is 1. The Morgan fingerprint density at radius 1 is 1.03 bits per heavy atom. The van der Waals surface area contributed by atoms with Gasteiger partial charge >= 0.3 is 5.97 Å². The highest BCUT2D eigenvalue weighted by Gasteiger charge is 2.33. The number of amides is 1. The lowest BCUT2D eigenvalue weighted by Gasteiger charge is -2.36. The minimum Gasteiger partial charge on any atom is -0.495 e. The van der Waals surface area contributed by atoms with Gasteiger partial charge in [-0.1, -0.05) is 47.6 Å². The minimum absolute atomic E-state index is 0.0515. The van der Waals surface area contributed by atoms with Crippen molar-refractivity contribution in [2.45, 2.75) is 72.6 Å². The predicted octanol–water partition coefficient (Wildman–Crippen LogP) is 5.33. The molecule has 0 saturated heterocycles. The quantitative estimate of drug-likeness (QED) is 0.675. The second-order valence-corrected chi connectivity index (χ2v) is 10.2. The fourth-order valence-electron chi connectivity index (χ4n) is 3.91. The van der Waals surface area contributed by atoms with Crippen LogP contribution in [0.15, 0.2) is 18.2 Å². The van der Waals surface area contributed by atoms with E-state index in [0.29, 0.717) is 17.4 Å². The maximum Gasteiger partial charge on any atom is 0.309 e. The third-order valence-corrected chi connectivity index (χ3v) is 5.97. The average Bonchev–Trinajstić information content (AvgIpc) is 2.64. The van der Waals surface area contributed by atoms with E-state index >= 15 is 0 Å². The number of benzene rings is 1. The molecule has 0 unspecified atom stereocenters. The molecule has 0 aromatic heterocycles. The molecule has 5 nitrogen and oxygen atoms in total. The van der Waals surface area contributed by atoms with Crippen LogP contribution in [0.4, 0.5) is 5.69 Å². The molecule has 0 bridgehead atoms. The minimum atomic E-state index is -0.355. The highest BCUT2D eigenvalue weighted by molar-refractivity contribution is 5.94. The molecule has 1 aromatic rings. The molecule has 1 N–H and O–H groups in total. The molecule has 2 rings (SSSR count). The molecule has 1 aliphatic carbocycles. The summed E-state index contributed by atoms with van der Waals surface area (Å²) in [4.78, 5) is 24.8. The summed E-state index contributed by atoms with van der Waals surface area (Å²) in [5, 5.41) is 2.82. The average molecular weight is 404 g/mol. The molecule has 1 saturated carbocycles. The molecule has 29 heavy (non-hydrogen) atoms. The number of ether oxygens (including phenoxy) is 2. The summed E-state index contributed by atoms with van der Waals surface area (Å²) in [6.07, 6.45) is 3.74. The summed E-state index contributed by atoms with van der Waals surface area (Å²) in [6.45, 7) is 12.8. The van der Waals surface area contributed by atoms with Crippen molar-refractivity contribution in [3.05, 3.63) is 23.8 Å². The lowest BCUT2D eigenvalue weighted by atomic mass is 9.70. The molecule has 0 spiro atoms. The number of hydrogen-bond donors (Lipinski definition) is 1. The summed E-state index contributed by atoms with van der Waals surface area (Å²) in [6, 6.07) is 5.74. The van der Waals surface area contributed by atoms with Crippen molar-refractivity contribution in [3.63, 3.8) is 0 Å². The van der Waals surface area contributed by atoms with Crippen molar-refractivity contribution in [2.24, 2.45) is 17.3 Å². The van der Waals surface area contributed by atoms with Crippen LogP contribution in [0.5, 0.6) is 5.75 Å². The first kappa shape index (κ1) is 23.2. The van der Waals surface area contributed by atoms with Crippen molar-refractivity contribution in [1.82, 2.24) is 0 Å². The Balaban J connectivity index is 1.89. The molecule has 0 heterocycles. The maximum absolute atomic E-state index is 12.4. The molecular formula is C24H37NO4. The standard InChI is InChI=1S/C24H37NO4/c1-23(2,3)17-10-8-16(9-11-17)22(27)29-15-21(26)25-19-14-18(24(4,5)6)12-13-20(19)28-7/h12-14,16-17H,8-11,15H2,1-7H3,(H,25,26). The Labute approximate surface area is 175 Å². The van der Waals surface area contributed by atoms with Crippen LogP contribution < -0.4 is 10.1 Å². The Hall–Kier alpha value is -2.04. The van der Waals surface area contributed by atoms with Crippen molar-refractivity contribution in [3.8, 4) is 5.75 Å². The van der Waals surface area contributed by atoms with Crippen LogP contribution in [0, 0.1) is 17.3 Å². The van der Waals surface area contributed by atoms with Gasteiger partial charge in [0, 0.05) is 0 Å². The molecule has 0 aliphatic heterocycles. The van der Waals surface area contributed by atoms with E-state index < -0.39 is 0 Å². The van der Waals surface area contributed by atoms with E-state index in [1.165, 1.54) is 0 Å². The smallest absolute Gasteiger partial charge is 0.309 e. The van der Waals surface area contributed by atoms with Crippen LogP contribution in [-0.4, -0.2) is 25.6 Å². The summed E-state index contributed by atoms with van der Waals surface area (Å²) in [5.74, 6) is 0.504. The largest absolute Gasteiger partial charge is 0.495 e. The van der Waals surface area contributed by atoms with Crippen molar-refractivity contribution in [2.75, 3.05) is 19.0 Å². The SMILES string of the molecule is COc1ccc(C(C)(C)C)cc1NC(=O)COC(=O)C1CCC(C(C)(C)C)CC1. The monoisotopic (exact) mass is 403 g/mol. The van der Waals surface area contributed by atoms with Gasteiger partial charge < -0.3 is 14.8 Å². The van der Waals surface area contributed by atoms with E-state index in [-0.39, 0.29) is 35.2 Å². The van der Waals surface area contributed by atoms with Gasteiger partial charge in [-0.3, -0.25) is 9.59 Å². The van der Waals surface area contributed by atoms with Gasteiger partial charge in [-0.2, -0.15) is 0 Å². The number of esters is 1. The lowest BCUT2D eigenvalue weighted by molar-refractivity contribution is -0.153. The maximum atomic E-state index is 12.4. The van der Waals surface area contributed by atoms with Crippen LogP contribution in [0.25, 0.3) is 0 Å². The summed E-state index contributed by atoms with van der Waals surface area (Å²) in [5.41, 5.74) is 1.90. The first-order valence-corrected chi connectivity index (χ1v) is 10.6. The number of hydrogen-bond acceptors (Lipinski definition) is 4. The second-order valence-electron chi connectivity index (χ2n) is 10.2. The summed E-state index contributed by atoms with van der Waals surface area (Å²) < 4.78 is 10.7. The van der Waals surface area contributed by atoms with Gasteiger partial charge in [0.15, 0.2) is 6.61 Å². The number of rotatable bonds is 5. The zero-order chi connectivity index (χ0) is 21.8. The molecule has 0 atom stereocenters. The fourth-order valence-corrected chi connectivity index (χ4v) is 3.91. The van der Waals surface area contributed by atoms with E-state index in [2.05, 4.69) is 46.9 Å². The molecule has 1 amide bonds. The molecule has 162 valence electrons. The van der Waals surface area contributed by atoms with Gasteiger partial charge in [0.1, 0.15) is 5.75 Å². The Bertz CT molecular complexity index is 719. The zero-order valence-corrected chi connectivity index (χ0v) is 19.1. The van der Waals surface area contributed by atoms with E-state index in [1.54, 1.807) is 7.11 Å². The van der Waals surface area contributed by atoms with E-state index in [1.807, 2.05) is 18.2 Å². The van der Waals surface area contributed by atoms with E-state index in [0.717, 1.165) is 31.2 Å². The lowest BCUT2D eigenvalue weighted by Crippen LogP contribution is -2.31. The Morgan fingerprint density at radius 2 is 1.66 bits per heavy atom. The molecule has 1 aliphatic rings.